The highest BCUT2D eigenvalue weighted by atomic mass is 16.3. The number of pyridine rings is 1. The van der Waals surface area contributed by atoms with Crippen molar-refractivity contribution < 1.29 is 4.42 Å². The van der Waals surface area contributed by atoms with E-state index in [1.165, 1.54) is 23.8 Å². The highest BCUT2D eigenvalue weighted by Gasteiger charge is 2.20. The van der Waals surface area contributed by atoms with Gasteiger partial charge in [0, 0.05) is 41.3 Å². The minimum Gasteiger partial charge on any atom is -0.456 e. The summed E-state index contributed by atoms with van der Waals surface area (Å²) in [6.07, 6.45) is 6.35. The average Bonchev–Trinajstić information content (AvgIpc) is 3.18. The topological polar surface area (TPSA) is 32.5 Å². The Morgan fingerprint density at radius 2 is 1.83 bits per heavy atom. The zero-order valence-corrected chi connectivity index (χ0v) is 17.1. The number of furan rings is 1. The molecular formula is C25H27N3O. The number of rotatable bonds is 4. The van der Waals surface area contributed by atoms with Crippen molar-refractivity contribution in [3.8, 4) is 11.3 Å². The fraction of sp³-hybridized carbons (Fsp3) is 0.320. The summed E-state index contributed by atoms with van der Waals surface area (Å²) in [6, 6.07) is 17.7. The lowest BCUT2D eigenvalue weighted by molar-refractivity contribution is 0.140. The van der Waals surface area contributed by atoms with Crippen molar-refractivity contribution in [2.45, 2.75) is 25.4 Å². The van der Waals surface area contributed by atoms with Crippen LogP contribution in [0.4, 0.5) is 0 Å². The van der Waals surface area contributed by atoms with E-state index in [0.29, 0.717) is 6.04 Å². The largest absolute Gasteiger partial charge is 0.456 e. The Kier molecular flexibility index (Phi) is 4.82. The third-order valence-corrected chi connectivity index (χ3v) is 6.21. The molecule has 0 N–H and O–H groups in total. The van der Waals surface area contributed by atoms with Gasteiger partial charge in [-0.25, -0.2) is 0 Å². The van der Waals surface area contributed by atoms with Crippen LogP contribution < -0.4 is 0 Å². The van der Waals surface area contributed by atoms with E-state index < -0.39 is 0 Å². The second-order valence-electron chi connectivity index (χ2n) is 8.36. The second-order valence-corrected chi connectivity index (χ2v) is 8.36. The van der Waals surface area contributed by atoms with E-state index in [0.717, 1.165) is 47.3 Å². The molecule has 0 saturated carbocycles. The number of hydrogen-bond donors (Lipinski definition) is 0. The first-order chi connectivity index (χ1) is 14.2. The number of nitrogens with zero attached hydrogens (tertiary/aromatic N) is 3. The van der Waals surface area contributed by atoms with Crippen LogP contribution in [-0.2, 0) is 6.54 Å². The summed E-state index contributed by atoms with van der Waals surface area (Å²) >= 11 is 0. The lowest BCUT2D eigenvalue weighted by Gasteiger charge is -2.35. The Hall–Kier alpha value is -2.69. The van der Waals surface area contributed by atoms with Crippen LogP contribution in [0, 0.1) is 0 Å². The van der Waals surface area contributed by atoms with Gasteiger partial charge in [0.25, 0.3) is 0 Å². The van der Waals surface area contributed by atoms with Crippen LogP contribution in [0.15, 0.2) is 65.3 Å². The maximum absolute atomic E-state index is 6.13. The fourth-order valence-corrected chi connectivity index (χ4v) is 4.47. The number of piperidine rings is 1. The Morgan fingerprint density at radius 1 is 1.00 bits per heavy atom. The van der Waals surface area contributed by atoms with Gasteiger partial charge in [-0.2, -0.15) is 0 Å². The molecule has 148 valence electrons. The van der Waals surface area contributed by atoms with E-state index in [-0.39, 0.29) is 0 Å². The molecular weight excluding hydrogens is 358 g/mol. The summed E-state index contributed by atoms with van der Waals surface area (Å²) in [5, 5.41) is 3.48. The van der Waals surface area contributed by atoms with Gasteiger partial charge in [-0.1, -0.05) is 30.3 Å². The Bertz CT molecular complexity index is 1110. The molecule has 0 unspecified atom stereocenters. The van der Waals surface area contributed by atoms with Crippen LogP contribution >= 0.6 is 0 Å². The lowest BCUT2D eigenvalue weighted by atomic mass is 10.0. The van der Waals surface area contributed by atoms with Gasteiger partial charge in [0.2, 0.25) is 0 Å². The highest BCUT2D eigenvalue weighted by Crippen LogP contribution is 2.33. The van der Waals surface area contributed by atoms with E-state index in [1.807, 2.05) is 30.6 Å². The molecule has 0 radical (unpaired) electrons. The van der Waals surface area contributed by atoms with Crippen molar-refractivity contribution in [1.29, 1.82) is 0 Å². The first kappa shape index (κ1) is 18.3. The Morgan fingerprint density at radius 3 is 2.62 bits per heavy atom. The molecule has 0 aliphatic carbocycles. The van der Waals surface area contributed by atoms with Gasteiger partial charge in [0.05, 0.1) is 0 Å². The molecule has 0 amide bonds. The van der Waals surface area contributed by atoms with Gasteiger partial charge >= 0.3 is 0 Å². The van der Waals surface area contributed by atoms with E-state index >= 15 is 0 Å². The van der Waals surface area contributed by atoms with Gasteiger partial charge in [0.1, 0.15) is 11.3 Å². The number of benzene rings is 2. The van der Waals surface area contributed by atoms with Gasteiger partial charge in [-0.05, 0) is 69.2 Å². The van der Waals surface area contributed by atoms with Crippen molar-refractivity contribution >= 4 is 21.7 Å². The lowest BCUT2D eigenvalue weighted by Crippen LogP contribution is -2.41. The highest BCUT2D eigenvalue weighted by molar-refractivity contribution is 5.97. The molecule has 2 aromatic carbocycles. The molecule has 1 aliphatic rings. The summed E-state index contributed by atoms with van der Waals surface area (Å²) < 4.78 is 6.13. The standard InChI is InChI=1S/C25H27N3O/c1-27(2)21-9-11-28(12-10-21)17-18-7-8-20-15-26-16-23(22(20)13-18)25-14-19-5-3-4-6-24(19)29-25/h3-8,13-16,21H,9-12,17H2,1-2H3. The third-order valence-electron chi connectivity index (χ3n) is 6.21. The van der Waals surface area contributed by atoms with E-state index in [2.05, 4.69) is 59.2 Å². The minimum atomic E-state index is 0.716. The number of likely N-dealkylation sites (tertiary alicyclic amines) is 1. The molecule has 0 atom stereocenters. The second kappa shape index (κ2) is 7.62. The first-order valence-electron chi connectivity index (χ1n) is 10.4. The van der Waals surface area contributed by atoms with Gasteiger partial charge in [-0.3, -0.25) is 9.88 Å². The Balaban J connectivity index is 1.44. The van der Waals surface area contributed by atoms with Crippen LogP contribution in [0.25, 0.3) is 33.1 Å². The molecule has 1 fully saturated rings. The van der Waals surface area contributed by atoms with Gasteiger partial charge in [0.15, 0.2) is 0 Å². The molecule has 0 spiro atoms. The smallest absolute Gasteiger partial charge is 0.137 e. The number of hydrogen-bond acceptors (Lipinski definition) is 4. The number of aromatic nitrogens is 1. The monoisotopic (exact) mass is 385 g/mol. The van der Waals surface area contributed by atoms with E-state index in [1.54, 1.807) is 0 Å². The normalized spacial score (nSPS) is 16.2. The predicted octanol–water partition coefficient (Wildman–Crippen LogP) is 5.17. The molecule has 4 heteroatoms. The van der Waals surface area contributed by atoms with E-state index in [9.17, 15) is 0 Å². The summed E-state index contributed by atoms with van der Waals surface area (Å²) in [5.74, 6) is 0.883. The quantitative estimate of drug-likeness (QED) is 0.485. The molecule has 0 bridgehead atoms. The fourth-order valence-electron chi connectivity index (χ4n) is 4.47. The molecule has 2 aromatic heterocycles. The van der Waals surface area contributed by atoms with Crippen LogP contribution in [0.3, 0.4) is 0 Å². The van der Waals surface area contributed by atoms with Crippen molar-refractivity contribution in [1.82, 2.24) is 14.8 Å². The molecule has 1 saturated heterocycles. The van der Waals surface area contributed by atoms with Crippen molar-refractivity contribution in [2.24, 2.45) is 0 Å². The molecule has 4 aromatic rings. The van der Waals surface area contributed by atoms with Crippen molar-refractivity contribution in [2.75, 3.05) is 27.2 Å². The first-order valence-corrected chi connectivity index (χ1v) is 10.4. The number of fused-ring (bicyclic) bond motifs is 2. The summed E-state index contributed by atoms with van der Waals surface area (Å²) in [4.78, 5) is 9.39. The molecule has 4 nitrogen and oxygen atoms in total. The molecule has 1 aliphatic heterocycles. The zero-order valence-electron chi connectivity index (χ0n) is 17.1. The summed E-state index contributed by atoms with van der Waals surface area (Å²) in [6.45, 7) is 3.32. The zero-order chi connectivity index (χ0) is 19.8. The van der Waals surface area contributed by atoms with Crippen LogP contribution in [0.5, 0.6) is 0 Å². The molecule has 3 heterocycles. The maximum atomic E-state index is 6.13. The Labute approximate surface area is 171 Å². The third kappa shape index (κ3) is 3.66. The minimum absolute atomic E-state index is 0.716. The van der Waals surface area contributed by atoms with Crippen LogP contribution in [-0.4, -0.2) is 48.0 Å². The summed E-state index contributed by atoms with van der Waals surface area (Å²) in [7, 11) is 4.38. The number of para-hydroxylation sites is 1. The van der Waals surface area contributed by atoms with Crippen LogP contribution in [0.2, 0.25) is 0 Å². The summed E-state index contributed by atoms with van der Waals surface area (Å²) in [5.41, 5.74) is 3.33. The van der Waals surface area contributed by atoms with Gasteiger partial charge < -0.3 is 9.32 Å². The molecule has 5 rings (SSSR count). The average molecular weight is 386 g/mol. The predicted molar refractivity (Wildman–Crippen MR) is 119 cm³/mol. The molecule has 29 heavy (non-hydrogen) atoms. The maximum Gasteiger partial charge on any atom is 0.137 e. The van der Waals surface area contributed by atoms with Crippen molar-refractivity contribution in [3.63, 3.8) is 0 Å². The van der Waals surface area contributed by atoms with Crippen LogP contribution in [0.1, 0.15) is 18.4 Å². The SMILES string of the molecule is CN(C)C1CCN(Cc2ccc3cncc(-c4cc5ccccc5o4)c3c2)CC1. The van der Waals surface area contributed by atoms with Crippen molar-refractivity contribution in [3.05, 3.63) is 66.5 Å². The van der Waals surface area contributed by atoms with E-state index in [4.69, 9.17) is 4.42 Å². The van der Waals surface area contributed by atoms with Gasteiger partial charge in [-0.15, -0.1) is 0 Å².